The smallest absolute Gasteiger partial charge is 0.344 e. The summed E-state index contributed by atoms with van der Waals surface area (Å²) in [6.07, 6.45) is 5.57. The summed E-state index contributed by atoms with van der Waals surface area (Å²) in [5, 5.41) is 0. The molecule has 0 N–H and O–H groups in total. The van der Waals surface area contributed by atoms with Gasteiger partial charge in [0, 0.05) is 11.6 Å². The van der Waals surface area contributed by atoms with Crippen LogP contribution in [-0.4, -0.2) is 25.3 Å². The zero-order valence-corrected chi connectivity index (χ0v) is 11.9. The number of carbonyl (C=O) groups is 1. The van der Waals surface area contributed by atoms with Crippen LogP contribution in [0.5, 0.6) is 11.5 Å². The standard InChI is InChI=1S/C16H20O4/c1-3-13(4-2)20-16(17)11-19-14-8-7-12-6-5-9-18-15(12)10-14/h5-8,10,13H,3-4,9,11H2,1-2H3. The zero-order valence-electron chi connectivity index (χ0n) is 11.9. The van der Waals surface area contributed by atoms with E-state index >= 15 is 0 Å². The highest BCUT2D eigenvalue weighted by atomic mass is 16.6. The maximum Gasteiger partial charge on any atom is 0.344 e. The van der Waals surface area contributed by atoms with E-state index < -0.39 is 0 Å². The molecule has 4 nitrogen and oxygen atoms in total. The van der Waals surface area contributed by atoms with Crippen molar-refractivity contribution < 1.29 is 19.0 Å². The van der Waals surface area contributed by atoms with E-state index in [-0.39, 0.29) is 18.7 Å². The molecule has 20 heavy (non-hydrogen) atoms. The molecule has 0 saturated heterocycles. The molecule has 1 aliphatic rings. The van der Waals surface area contributed by atoms with Crippen LogP contribution in [0, 0.1) is 0 Å². The van der Waals surface area contributed by atoms with Gasteiger partial charge in [0.05, 0.1) is 0 Å². The fourth-order valence-corrected chi connectivity index (χ4v) is 2.00. The van der Waals surface area contributed by atoms with Gasteiger partial charge in [0.1, 0.15) is 24.2 Å². The summed E-state index contributed by atoms with van der Waals surface area (Å²) in [5.74, 6) is 1.05. The number of hydrogen-bond donors (Lipinski definition) is 0. The Morgan fingerprint density at radius 1 is 1.35 bits per heavy atom. The van der Waals surface area contributed by atoms with E-state index in [4.69, 9.17) is 14.2 Å². The minimum Gasteiger partial charge on any atom is -0.489 e. The number of ether oxygens (including phenoxy) is 3. The lowest BCUT2D eigenvalue weighted by molar-refractivity contribution is -0.151. The molecule has 0 radical (unpaired) electrons. The van der Waals surface area contributed by atoms with E-state index in [1.807, 2.05) is 38.1 Å². The van der Waals surface area contributed by atoms with Crippen LogP contribution in [0.25, 0.3) is 6.08 Å². The van der Waals surface area contributed by atoms with Crippen LogP contribution in [0.15, 0.2) is 24.3 Å². The molecule has 0 atom stereocenters. The van der Waals surface area contributed by atoms with Crippen molar-refractivity contribution in [2.24, 2.45) is 0 Å². The van der Waals surface area contributed by atoms with E-state index in [1.165, 1.54) is 0 Å². The third-order valence-corrected chi connectivity index (χ3v) is 3.18. The van der Waals surface area contributed by atoms with E-state index in [2.05, 4.69) is 0 Å². The summed E-state index contributed by atoms with van der Waals surface area (Å²) >= 11 is 0. The van der Waals surface area contributed by atoms with Crippen LogP contribution >= 0.6 is 0 Å². The molecule has 0 amide bonds. The lowest BCUT2D eigenvalue weighted by atomic mass is 10.1. The summed E-state index contributed by atoms with van der Waals surface area (Å²) in [4.78, 5) is 11.6. The number of carbonyl (C=O) groups excluding carboxylic acids is 1. The van der Waals surface area contributed by atoms with Gasteiger partial charge in [-0.05, 0) is 31.1 Å². The first-order valence-corrected chi connectivity index (χ1v) is 6.98. The number of hydrogen-bond acceptors (Lipinski definition) is 4. The Kier molecular flexibility index (Phi) is 5.04. The van der Waals surface area contributed by atoms with Crippen molar-refractivity contribution in [2.45, 2.75) is 32.8 Å². The Bertz CT molecular complexity index is 489. The van der Waals surface area contributed by atoms with Crippen molar-refractivity contribution in [3.05, 3.63) is 29.8 Å². The minimum absolute atomic E-state index is 0.0249. The van der Waals surface area contributed by atoms with E-state index in [0.29, 0.717) is 12.4 Å². The molecule has 0 aromatic heterocycles. The molecule has 0 spiro atoms. The predicted octanol–water partition coefficient (Wildman–Crippen LogP) is 3.20. The van der Waals surface area contributed by atoms with Gasteiger partial charge in [0.2, 0.25) is 0 Å². The normalized spacial score (nSPS) is 12.8. The van der Waals surface area contributed by atoms with E-state index in [0.717, 1.165) is 24.2 Å². The van der Waals surface area contributed by atoms with Crippen molar-refractivity contribution in [3.8, 4) is 11.5 Å². The molecular weight excluding hydrogens is 256 g/mol. The van der Waals surface area contributed by atoms with Gasteiger partial charge < -0.3 is 14.2 Å². The highest BCUT2D eigenvalue weighted by molar-refractivity contribution is 5.71. The summed E-state index contributed by atoms with van der Waals surface area (Å²) in [6.45, 7) is 4.48. The molecule has 0 saturated carbocycles. The van der Waals surface area contributed by atoms with Gasteiger partial charge in [-0.1, -0.05) is 19.9 Å². The second-order valence-corrected chi connectivity index (χ2v) is 4.63. The summed E-state index contributed by atoms with van der Waals surface area (Å²) in [6, 6.07) is 5.53. The van der Waals surface area contributed by atoms with E-state index in [1.54, 1.807) is 6.07 Å². The quantitative estimate of drug-likeness (QED) is 0.748. The molecule has 1 aromatic carbocycles. The maximum atomic E-state index is 11.6. The summed E-state index contributed by atoms with van der Waals surface area (Å²) in [7, 11) is 0. The van der Waals surface area contributed by atoms with Crippen LogP contribution in [0.4, 0.5) is 0 Å². The van der Waals surface area contributed by atoms with E-state index in [9.17, 15) is 4.79 Å². The van der Waals surface area contributed by atoms with Gasteiger partial charge in [-0.3, -0.25) is 0 Å². The maximum absolute atomic E-state index is 11.6. The first-order valence-electron chi connectivity index (χ1n) is 6.98. The fourth-order valence-electron chi connectivity index (χ4n) is 2.00. The first kappa shape index (κ1) is 14.4. The third kappa shape index (κ3) is 3.76. The van der Waals surface area contributed by atoms with Gasteiger partial charge >= 0.3 is 5.97 Å². The molecule has 0 bridgehead atoms. The number of rotatable bonds is 6. The van der Waals surface area contributed by atoms with Crippen LogP contribution in [0.1, 0.15) is 32.3 Å². The van der Waals surface area contributed by atoms with Crippen molar-refractivity contribution in [1.29, 1.82) is 0 Å². The van der Waals surface area contributed by atoms with Gasteiger partial charge in [-0.2, -0.15) is 0 Å². The first-order chi connectivity index (χ1) is 9.72. The van der Waals surface area contributed by atoms with Crippen LogP contribution < -0.4 is 9.47 Å². The molecule has 0 fully saturated rings. The van der Waals surface area contributed by atoms with Crippen molar-refractivity contribution in [1.82, 2.24) is 0 Å². The Balaban J connectivity index is 1.88. The lowest BCUT2D eigenvalue weighted by Crippen LogP contribution is -2.21. The minimum atomic E-state index is -0.336. The van der Waals surface area contributed by atoms with Gasteiger partial charge in [-0.15, -0.1) is 0 Å². The summed E-state index contributed by atoms with van der Waals surface area (Å²) in [5.41, 5.74) is 1.02. The average Bonchev–Trinajstić information content (AvgIpc) is 2.50. The highest BCUT2D eigenvalue weighted by Crippen LogP contribution is 2.28. The molecule has 1 aromatic rings. The SMILES string of the molecule is CCC(CC)OC(=O)COc1ccc2c(c1)OCC=C2. The topological polar surface area (TPSA) is 44.8 Å². The molecule has 0 aliphatic carbocycles. The fraction of sp³-hybridized carbons (Fsp3) is 0.438. The van der Waals surface area contributed by atoms with Gasteiger partial charge in [-0.25, -0.2) is 4.79 Å². The lowest BCUT2D eigenvalue weighted by Gasteiger charge is -2.16. The Morgan fingerprint density at radius 2 is 2.15 bits per heavy atom. The second-order valence-electron chi connectivity index (χ2n) is 4.63. The predicted molar refractivity (Wildman–Crippen MR) is 76.9 cm³/mol. The Morgan fingerprint density at radius 3 is 2.90 bits per heavy atom. The third-order valence-electron chi connectivity index (χ3n) is 3.18. The Hall–Kier alpha value is -1.97. The average molecular weight is 276 g/mol. The number of esters is 1. The van der Waals surface area contributed by atoms with Crippen LogP contribution in [0.2, 0.25) is 0 Å². The monoisotopic (exact) mass is 276 g/mol. The molecule has 0 unspecified atom stereocenters. The highest BCUT2D eigenvalue weighted by Gasteiger charge is 2.12. The largest absolute Gasteiger partial charge is 0.489 e. The molecule has 108 valence electrons. The number of benzene rings is 1. The number of fused-ring (bicyclic) bond motifs is 1. The van der Waals surface area contributed by atoms with Gasteiger partial charge in [0.25, 0.3) is 0 Å². The second kappa shape index (κ2) is 6.98. The molecule has 1 aliphatic heterocycles. The van der Waals surface area contributed by atoms with Crippen molar-refractivity contribution >= 4 is 12.0 Å². The molecule has 1 heterocycles. The molecular formula is C16H20O4. The molecule has 4 heteroatoms. The van der Waals surface area contributed by atoms with Crippen LogP contribution in [-0.2, 0) is 9.53 Å². The van der Waals surface area contributed by atoms with Gasteiger partial charge in [0.15, 0.2) is 6.61 Å². The van der Waals surface area contributed by atoms with Crippen molar-refractivity contribution in [3.63, 3.8) is 0 Å². The Labute approximate surface area is 119 Å². The zero-order chi connectivity index (χ0) is 14.4. The molecule has 2 rings (SSSR count). The summed E-state index contributed by atoms with van der Waals surface area (Å²) < 4.78 is 16.2. The van der Waals surface area contributed by atoms with Crippen LogP contribution in [0.3, 0.4) is 0 Å². The van der Waals surface area contributed by atoms with Crippen molar-refractivity contribution in [2.75, 3.05) is 13.2 Å².